The minimum absolute atomic E-state index is 0.135. The number of hydrogen-bond donors (Lipinski definition) is 3. The maximum Gasteiger partial charge on any atom is 0.237 e. The first-order chi connectivity index (χ1) is 9.44. The summed E-state index contributed by atoms with van der Waals surface area (Å²) >= 11 is 0. The van der Waals surface area contributed by atoms with Crippen molar-refractivity contribution in [2.45, 2.75) is 38.5 Å². The smallest absolute Gasteiger partial charge is 0.237 e. The molecule has 1 rings (SSSR count). The summed E-state index contributed by atoms with van der Waals surface area (Å²) in [7, 11) is 1.59. The summed E-state index contributed by atoms with van der Waals surface area (Å²) in [5, 5.41) is 15.8. The van der Waals surface area contributed by atoms with Crippen LogP contribution in [0.5, 0.6) is 0 Å². The summed E-state index contributed by atoms with van der Waals surface area (Å²) in [5.41, 5.74) is -0.897. The predicted molar refractivity (Wildman–Crippen MR) is 75.1 cm³/mol. The number of carbonyl (C=O) groups excluding carboxylic acids is 1. The average molecular weight is 284 g/mol. The number of ether oxygens (including phenoxy) is 1. The summed E-state index contributed by atoms with van der Waals surface area (Å²) in [6.07, 6.45) is 2.08. The van der Waals surface area contributed by atoms with Crippen molar-refractivity contribution in [3.05, 3.63) is 24.2 Å². The van der Waals surface area contributed by atoms with Crippen molar-refractivity contribution in [1.82, 2.24) is 10.6 Å². The van der Waals surface area contributed by atoms with Crippen molar-refractivity contribution >= 4 is 5.91 Å². The number of methoxy groups -OCH3 is 1. The molecule has 2 unspecified atom stereocenters. The lowest BCUT2D eigenvalue weighted by atomic mass is 10.0. The maximum atomic E-state index is 11.8. The summed E-state index contributed by atoms with van der Waals surface area (Å²) < 4.78 is 10.1. The first kappa shape index (κ1) is 16.7. The molecule has 2 atom stereocenters. The standard InChI is InChI=1S/C14H24N2O4/c1-11(16-10-14(2,18)6-8-19-3)13(17)15-9-12-5-4-7-20-12/h4-5,7,11,16,18H,6,8-10H2,1-3H3,(H,15,17). The molecular formula is C14H24N2O4. The molecule has 0 spiro atoms. The lowest BCUT2D eigenvalue weighted by Crippen LogP contribution is -2.48. The van der Waals surface area contributed by atoms with Crippen molar-refractivity contribution in [2.24, 2.45) is 0 Å². The number of aliphatic hydroxyl groups is 1. The van der Waals surface area contributed by atoms with Gasteiger partial charge in [-0.25, -0.2) is 0 Å². The Balaban J connectivity index is 2.27. The Kier molecular flexibility index (Phi) is 6.70. The van der Waals surface area contributed by atoms with E-state index in [0.717, 1.165) is 0 Å². The highest BCUT2D eigenvalue weighted by atomic mass is 16.5. The summed E-state index contributed by atoms with van der Waals surface area (Å²) in [6.45, 7) is 4.63. The highest BCUT2D eigenvalue weighted by Crippen LogP contribution is 2.08. The van der Waals surface area contributed by atoms with Gasteiger partial charge < -0.3 is 24.9 Å². The van der Waals surface area contributed by atoms with Gasteiger partial charge in [-0.05, 0) is 26.0 Å². The summed E-state index contributed by atoms with van der Waals surface area (Å²) in [5.74, 6) is 0.571. The quantitative estimate of drug-likeness (QED) is 0.620. The van der Waals surface area contributed by atoms with Crippen LogP contribution in [-0.2, 0) is 16.1 Å². The Hall–Kier alpha value is -1.37. The molecule has 0 saturated carbocycles. The van der Waals surface area contributed by atoms with Crippen LogP contribution in [0.25, 0.3) is 0 Å². The molecule has 1 amide bonds. The molecule has 0 fully saturated rings. The third-order valence-electron chi connectivity index (χ3n) is 3.04. The Morgan fingerprint density at radius 3 is 2.95 bits per heavy atom. The van der Waals surface area contributed by atoms with E-state index in [-0.39, 0.29) is 11.9 Å². The zero-order valence-corrected chi connectivity index (χ0v) is 12.3. The van der Waals surface area contributed by atoms with Gasteiger partial charge in [0.05, 0.1) is 24.5 Å². The van der Waals surface area contributed by atoms with Crippen LogP contribution in [0.3, 0.4) is 0 Å². The fourth-order valence-corrected chi connectivity index (χ4v) is 1.62. The van der Waals surface area contributed by atoms with Gasteiger partial charge in [0.15, 0.2) is 0 Å². The molecule has 3 N–H and O–H groups in total. The second-order valence-electron chi connectivity index (χ2n) is 5.14. The Morgan fingerprint density at radius 2 is 2.35 bits per heavy atom. The Bertz CT molecular complexity index is 390. The molecule has 1 aromatic rings. The lowest BCUT2D eigenvalue weighted by Gasteiger charge is -2.25. The molecule has 6 heteroatoms. The third kappa shape index (κ3) is 6.18. The minimum Gasteiger partial charge on any atom is -0.467 e. The zero-order chi connectivity index (χ0) is 15.0. The number of rotatable bonds is 9. The van der Waals surface area contributed by atoms with E-state index < -0.39 is 5.60 Å². The average Bonchev–Trinajstić information content (AvgIpc) is 2.93. The van der Waals surface area contributed by atoms with Crippen molar-refractivity contribution in [1.29, 1.82) is 0 Å². The van der Waals surface area contributed by atoms with Crippen LogP contribution in [0, 0.1) is 0 Å². The molecule has 0 saturated heterocycles. The van der Waals surface area contributed by atoms with E-state index in [1.165, 1.54) is 0 Å². The molecule has 0 aliphatic carbocycles. The highest BCUT2D eigenvalue weighted by molar-refractivity contribution is 5.81. The van der Waals surface area contributed by atoms with Gasteiger partial charge in [0.2, 0.25) is 5.91 Å². The second-order valence-corrected chi connectivity index (χ2v) is 5.14. The SMILES string of the molecule is COCCC(C)(O)CNC(C)C(=O)NCc1ccco1. The van der Waals surface area contributed by atoms with Crippen LogP contribution in [0.1, 0.15) is 26.0 Å². The molecule has 6 nitrogen and oxygen atoms in total. The van der Waals surface area contributed by atoms with Crippen LogP contribution in [-0.4, -0.2) is 42.9 Å². The molecule has 114 valence electrons. The van der Waals surface area contributed by atoms with Crippen LogP contribution in [0.2, 0.25) is 0 Å². The van der Waals surface area contributed by atoms with E-state index >= 15 is 0 Å². The largest absolute Gasteiger partial charge is 0.467 e. The number of furan rings is 1. The number of nitrogens with one attached hydrogen (secondary N) is 2. The van der Waals surface area contributed by atoms with Crippen LogP contribution < -0.4 is 10.6 Å². The van der Waals surface area contributed by atoms with Gasteiger partial charge in [0, 0.05) is 26.7 Å². The van der Waals surface area contributed by atoms with E-state index in [2.05, 4.69) is 10.6 Å². The van der Waals surface area contributed by atoms with Crippen molar-refractivity contribution < 1.29 is 19.1 Å². The van der Waals surface area contributed by atoms with Gasteiger partial charge in [-0.3, -0.25) is 4.79 Å². The number of carbonyl (C=O) groups is 1. The monoisotopic (exact) mass is 284 g/mol. The van der Waals surface area contributed by atoms with Gasteiger partial charge in [-0.1, -0.05) is 0 Å². The topological polar surface area (TPSA) is 83.7 Å². The first-order valence-corrected chi connectivity index (χ1v) is 6.69. The van der Waals surface area contributed by atoms with Crippen molar-refractivity contribution in [3.63, 3.8) is 0 Å². The fourth-order valence-electron chi connectivity index (χ4n) is 1.62. The molecule has 0 radical (unpaired) electrons. The molecule has 1 aromatic heterocycles. The molecule has 0 aliphatic rings. The summed E-state index contributed by atoms with van der Waals surface area (Å²) in [6, 6.07) is 3.18. The van der Waals surface area contributed by atoms with Gasteiger partial charge >= 0.3 is 0 Å². The van der Waals surface area contributed by atoms with Crippen LogP contribution >= 0.6 is 0 Å². The third-order valence-corrected chi connectivity index (χ3v) is 3.04. The van der Waals surface area contributed by atoms with Gasteiger partial charge in [-0.2, -0.15) is 0 Å². The van der Waals surface area contributed by atoms with E-state index in [1.54, 1.807) is 39.4 Å². The predicted octanol–water partition coefficient (Wildman–Crippen LogP) is 0.661. The van der Waals surface area contributed by atoms with Crippen molar-refractivity contribution in [2.75, 3.05) is 20.3 Å². The fraction of sp³-hybridized carbons (Fsp3) is 0.643. The Labute approximate surface area is 119 Å². The number of hydrogen-bond acceptors (Lipinski definition) is 5. The maximum absolute atomic E-state index is 11.8. The van der Waals surface area contributed by atoms with Crippen LogP contribution in [0.15, 0.2) is 22.8 Å². The number of amides is 1. The molecule has 0 bridgehead atoms. The van der Waals surface area contributed by atoms with Gasteiger partial charge in [-0.15, -0.1) is 0 Å². The van der Waals surface area contributed by atoms with E-state index in [1.807, 2.05) is 0 Å². The van der Waals surface area contributed by atoms with Gasteiger partial charge in [0.25, 0.3) is 0 Å². The molecule has 1 heterocycles. The normalized spacial score (nSPS) is 15.6. The Morgan fingerprint density at radius 1 is 1.60 bits per heavy atom. The zero-order valence-electron chi connectivity index (χ0n) is 12.3. The summed E-state index contributed by atoms with van der Waals surface area (Å²) in [4.78, 5) is 11.8. The van der Waals surface area contributed by atoms with E-state index in [9.17, 15) is 9.90 Å². The first-order valence-electron chi connectivity index (χ1n) is 6.69. The van der Waals surface area contributed by atoms with E-state index in [4.69, 9.17) is 9.15 Å². The van der Waals surface area contributed by atoms with E-state index in [0.29, 0.717) is 31.9 Å². The van der Waals surface area contributed by atoms with Gasteiger partial charge in [0.1, 0.15) is 5.76 Å². The minimum atomic E-state index is -0.897. The second kappa shape index (κ2) is 8.04. The molecule has 20 heavy (non-hydrogen) atoms. The highest BCUT2D eigenvalue weighted by Gasteiger charge is 2.22. The molecule has 0 aromatic carbocycles. The lowest BCUT2D eigenvalue weighted by molar-refractivity contribution is -0.123. The van der Waals surface area contributed by atoms with Crippen LogP contribution in [0.4, 0.5) is 0 Å². The molecule has 0 aliphatic heterocycles. The van der Waals surface area contributed by atoms with Crippen molar-refractivity contribution in [3.8, 4) is 0 Å². The molecular weight excluding hydrogens is 260 g/mol.